The zero-order chi connectivity index (χ0) is 13.5. The Morgan fingerprint density at radius 3 is 2.72 bits per heavy atom. The molecular weight excluding hydrogens is 242 g/mol. The van der Waals surface area contributed by atoms with Crippen LogP contribution >= 0.6 is 0 Å². The number of nitrogens with two attached hydrogens (primary N) is 1. The van der Waals surface area contributed by atoms with Gasteiger partial charge in [0.15, 0.2) is 0 Å². The Balaban J connectivity index is 2.35. The van der Waals surface area contributed by atoms with E-state index in [0.29, 0.717) is 5.69 Å². The van der Waals surface area contributed by atoms with E-state index >= 15 is 0 Å². The van der Waals surface area contributed by atoms with Crippen LogP contribution in [0.5, 0.6) is 0 Å². The number of rotatable bonds is 6. The van der Waals surface area contributed by atoms with E-state index in [4.69, 9.17) is 10.8 Å². The van der Waals surface area contributed by atoms with Crippen LogP contribution < -0.4 is 5.73 Å². The molecule has 1 aromatic heterocycles. The topological polar surface area (TPSA) is 135 Å². The van der Waals surface area contributed by atoms with E-state index in [1.54, 1.807) is 0 Å². The molecule has 8 heteroatoms. The molecule has 0 radical (unpaired) electrons. The zero-order valence-corrected chi connectivity index (χ0v) is 9.46. The quantitative estimate of drug-likeness (QED) is 0.447. The molecule has 4 N–H and O–H groups in total. The van der Waals surface area contributed by atoms with Gasteiger partial charge in [-0.05, 0) is 0 Å². The molecule has 0 saturated carbocycles. The lowest BCUT2D eigenvalue weighted by Crippen LogP contribution is -2.35. The van der Waals surface area contributed by atoms with Crippen LogP contribution in [0.15, 0.2) is 12.5 Å². The van der Waals surface area contributed by atoms with Crippen LogP contribution in [0.3, 0.4) is 0 Å². The molecule has 0 amide bonds. The lowest BCUT2D eigenvalue weighted by atomic mass is 10.2. The largest absolute Gasteiger partial charge is 0.481 e. The van der Waals surface area contributed by atoms with Gasteiger partial charge in [0.2, 0.25) is 0 Å². The maximum absolute atomic E-state index is 11.4. The number of carbonyl (C=O) groups excluding carboxylic acids is 2. The maximum Gasteiger partial charge on any atom is 0.330 e. The highest BCUT2D eigenvalue weighted by Crippen LogP contribution is 2.00. The van der Waals surface area contributed by atoms with Crippen molar-refractivity contribution < 1.29 is 24.2 Å². The molecule has 0 spiro atoms. The molecule has 0 aliphatic carbocycles. The molecule has 1 rings (SSSR count). The van der Waals surface area contributed by atoms with Crippen LogP contribution in [0.1, 0.15) is 18.5 Å². The van der Waals surface area contributed by atoms with E-state index in [9.17, 15) is 14.4 Å². The molecule has 0 unspecified atom stereocenters. The molecule has 8 nitrogen and oxygen atoms in total. The van der Waals surface area contributed by atoms with Gasteiger partial charge in [-0.15, -0.1) is 0 Å². The van der Waals surface area contributed by atoms with Crippen molar-refractivity contribution in [3.05, 3.63) is 18.2 Å². The number of esters is 2. The number of hydrogen-bond acceptors (Lipinski definition) is 6. The number of H-pyrrole nitrogens is 1. The third-order valence-corrected chi connectivity index (χ3v) is 2.05. The number of aromatic amines is 1. The predicted octanol–water partition coefficient (Wildman–Crippen LogP) is -0.786. The highest BCUT2D eigenvalue weighted by molar-refractivity contribution is 5.89. The standard InChI is InChI=1S/C10H13N3O5/c11-7(3-6-4-12-5-13-6)10(17)18-9(16)2-1-8(14)15/h4-5,7H,1-3,11H2,(H,12,13)(H,14,15)/t7-/m0/s1. The molecule has 0 fully saturated rings. The average molecular weight is 255 g/mol. The predicted molar refractivity (Wildman–Crippen MR) is 58.2 cm³/mol. The van der Waals surface area contributed by atoms with Gasteiger partial charge in [-0.3, -0.25) is 9.59 Å². The molecule has 0 aromatic carbocycles. The number of nitrogens with one attached hydrogen (secondary N) is 1. The van der Waals surface area contributed by atoms with Crippen LogP contribution in [0.25, 0.3) is 0 Å². The van der Waals surface area contributed by atoms with Gasteiger partial charge in [-0.25, -0.2) is 9.78 Å². The number of ether oxygens (including phenoxy) is 1. The van der Waals surface area contributed by atoms with Crippen molar-refractivity contribution in [2.24, 2.45) is 5.73 Å². The van der Waals surface area contributed by atoms with Crippen molar-refractivity contribution in [3.63, 3.8) is 0 Å². The number of aliphatic carboxylic acids is 1. The van der Waals surface area contributed by atoms with Crippen molar-refractivity contribution in [2.45, 2.75) is 25.3 Å². The zero-order valence-electron chi connectivity index (χ0n) is 9.46. The summed E-state index contributed by atoms with van der Waals surface area (Å²) < 4.78 is 4.41. The summed E-state index contributed by atoms with van der Waals surface area (Å²) in [6, 6.07) is -1.00. The monoisotopic (exact) mass is 255 g/mol. The lowest BCUT2D eigenvalue weighted by Gasteiger charge is -2.08. The molecule has 0 saturated heterocycles. The highest BCUT2D eigenvalue weighted by atomic mass is 16.6. The number of aromatic nitrogens is 2. The van der Waals surface area contributed by atoms with Crippen molar-refractivity contribution >= 4 is 17.9 Å². The molecule has 1 heterocycles. The van der Waals surface area contributed by atoms with E-state index in [1.165, 1.54) is 12.5 Å². The minimum Gasteiger partial charge on any atom is -0.481 e. The Hall–Kier alpha value is -2.22. The Morgan fingerprint density at radius 2 is 2.17 bits per heavy atom. The fourth-order valence-corrected chi connectivity index (χ4v) is 1.16. The van der Waals surface area contributed by atoms with E-state index in [2.05, 4.69) is 14.7 Å². The van der Waals surface area contributed by atoms with E-state index in [-0.39, 0.29) is 19.3 Å². The van der Waals surface area contributed by atoms with E-state index in [0.717, 1.165) is 0 Å². The number of carboxylic acid groups (broad SMARTS) is 1. The number of hydrogen-bond donors (Lipinski definition) is 3. The maximum atomic E-state index is 11.4. The van der Waals surface area contributed by atoms with Crippen LogP contribution in [0, 0.1) is 0 Å². The van der Waals surface area contributed by atoms with Gasteiger partial charge in [-0.2, -0.15) is 0 Å². The number of imidazole rings is 1. The molecule has 1 atom stereocenters. The summed E-state index contributed by atoms with van der Waals surface area (Å²) in [6.07, 6.45) is 2.34. The van der Waals surface area contributed by atoms with Gasteiger partial charge in [0.25, 0.3) is 0 Å². The van der Waals surface area contributed by atoms with Gasteiger partial charge in [0, 0.05) is 18.3 Å². The summed E-state index contributed by atoms with van der Waals surface area (Å²) in [6.45, 7) is 0. The summed E-state index contributed by atoms with van der Waals surface area (Å²) in [5, 5.41) is 8.35. The Kier molecular flexibility index (Phi) is 5.00. The average Bonchev–Trinajstić information content (AvgIpc) is 2.79. The van der Waals surface area contributed by atoms with Crippen molar-refractivity contribution in [1.29, 1.82) is 0 Å². The summed E-state index contributed by atoms with van der Waals surface area (Å²) in [5.74, 6) is -2.93. The smallest absolute Gasteiger partial charge is 0.330 e. The SMILES string of the molecule is N[C@@H](Cc1cnc[nH]1)C(=O)OC(=O)CCC(=O)O. The summed E-state index contributed by atoms with van der Waals surface area (Å²) in [5.41, 5.74) is 6.16. The van der Waals surface area contributed by atoms with Crippen LogP contribution in [-0.4, -0.2) is 39.0 Å². The summed E-state index contributed by atoms with van der Waals surface area (Å²) in [4.78, 5) is 39.2. The minimum absolute atomic E-state index is 0.158. The first-order valence-electron chi connectivity index (χ1n) is 5.18. The van der Waals surface area contributed by atoms with Crippen LogP contribution in [0.2, 0.25) is 0 Å². The third kappa shape index (κ3) is 4.74. The first-order chi connectivity index (χ1) is 8.49. The fourth-order valence-electron chi connectivity index (χ4n) is 1.16. The first-order valence-corrected chi connectivity index (χ1v) is 5.18. The Labute approximate surface area is 102 Å². The molecule has 0 bridgehead atoms. The summed E-state index contributed by atoms with van der Waals surface area (Å²) in [7, 11) is 0. The summed E-state index contributed by atoms with van der Waals surface area (Å²) >= 11 is 0. The molecule has 0 aliphatic rings. The van der Waals surface area contributed by atoms with Crippen molar-refractivity contribution in [2.75, 3.05) is 0 Å². The number of nitrogens with zero attached hydrogens (tertiary/aromatic N) is 1. The second-order valence-corrected chi connectivity index (χ2v) is 3.57. The number of carbonyl (C=O) groups is 3. The van der Waals surface area contributed by atoms with Gasteiger partial charge in [-0.1, -0.05) is 0 Å². The molecule has 0 aliphatic heterocycles. The van der Waals surface area contributed by atoms with Crippen molar-refractivity contribution in [1.82, 2.24) is 9.97 Å². The third-order valence-electron chi connectivity index (χ3n) is 2.05. The second-order valence-electron chi connectivity index (χ2n) is 3.57. The van der Waals surface area contributed by atoms with Gasteiger partial charge in [0.1, 0.15) is 6.04 Å². The van der Waals surface area contributed by atoms with Gasteiger partial charge < -0.3 is 20.6 Å². The first kappa shape index (κ1) is 13.8. The molecular formula is C10H13N3O5. The fraction of sp³-hybridized carbons (Fsp3) is 0.400. The van der Waals surface area contributed by atoms with Gasteiger partial charge >= 0.3 is 17.9 Å². The normalized spacial score (nSPS) is 11.8. The highest BCUT2D eigenvalue weighted by Gasteiger charge is 2.20. The Bertz CT molecular complexity index is 429. The molecule has 18 heavy (non-hydrogen) atoms. The second kappa shape index (κ2) is 6.50. The minimum atomic E-state index is -1.14. The number of carboxylic acids is 1. The van der Waals surface area contributed by atoms with Gasteiger partial charge in [0.05, 0.1) is 19.2 Å². The van der Waals surface area contributed by atoms with Crippen LogP contribution in [0.4, 0.5) is 0 Å². The van der Waals surface area contributed by atoms with Crippen molar-refractivity contribution in [3.8, 4) is 0 Å². The lowest BCUT2D eigenvalue weighted by molar-refractivity contribution is -0.161. The van der Waals surface area contributed by atoms with E-state index in [1.807, 2.05) is 0 Å². The van der Waals surface area contributed by atoms with Crippen LogP contribution in [-0.2, 0) is 25.5 Å². The molecule has 98 valence electrons. The van der Waals surface area contributed by atoms with E-state index < -0.39 is 23.9 Å². The molecule has 1 aromatic rings. The Morgan fingerprint density at radius 1 is 1.44 bits per heavy atom.